The Hall–Kier alpha value is -1.40. The van der Waals surface area contributed by atoms with E-state index in [9.17, 15) is 9.59 Å². The predicted molar refractivity (Wildman–Crippen MR) is 104 cm³/mol. The van der Waals surface area contributed by atoms with E-state index in [2.05, 4.69) is 15.5 Å². The third kappa shape index (κ3) is 4.12. The van der Waals surface area contributed by atoms with Gasteiger partial charge in [0.05, 0.1) is 5.69 Å². The number of hydrogen-bond acceptors (Lipinski definition) is 4. The first kappa shape index (κ1) is 20.9. The van der Waals surface area contributed by atoms with Crippen LogP contribution in [0.2, 0.25) is 0 Å². The lowest BCUT2D eigenvalue weighted by molar-refractivity contribution is -0.128. The Morgan fingerprint density at radius 1 is 1.19 bits per heavy atom. The Morgan fingerprint density at radius 3 is 2.42 bits per heavy atom. The summed E-state index contributed by atoms with van der Waals surface area (Å²) in [5, 5.41) is 9.70. The summed E-state index contributed by atoms with van der Waals surface area (Å²) >= 11 is 0. The van der Waals surface area contributed by atoms with Gasteiger partial charge >= 0.3 is 0 Å². The SMILES string of the molecule is CCc1n[nH]c(=O)c(CNC(=O)C2CC3CCCC(C2)C3N)c1CC.Cl. The van der Waals surface area contributed by atoms with Crippen LogP contribution >= 0.6 is 12.4 Å². The van der Waals surface area contributed by atoms with Crippen molar-refractivity contribution in [1.82, 2.24) is 15.5 Å². The Morgan fingerprint density at radius 2 is 1.85 bits per heavy atom. The van der Waals surface area contributed by atoms with E-state index in [1.54, 1.807) is 0 Å². The molecular formula is C19H31ClN4O2. The molecular weight excluding hydrogens is 352 g/mol. The van der Waals surface area contributed by atoms with Crippen molar-refractivity contribution in [2.45, 2.75) is 71.4 Å². The molecule has 2 fully saturated rings. The molecule has 0 radical (unpaired) electrons. The quantitative estimate of drug-likeness (QED) is 0.725. The lowest BCUT2D eigenvalue weighted by Crippen LogP contribution is -2.49. The minimum atomic E-state index is -0.197. The van der Waals surface area contributed by atoms with Crippen molar-refractivity contribution in [3.05, 3.63) is 27.2 Å². The van der Waals surface area contributed by atoms with Gasteiger partial charge in [-0.2, -0.15) is 5.10 Å². The second-order valence-corrected chi connectivity index (χ2v) is 7.58. The third-order valence-corrected chi connectivity index (χ3v) is 6.19. The number of nitrogens with one attached hydrogen (secondary N) is 2. The normalized spacial score (nSPS) is 27.5. The summed E-state index contributed by atoms with van der Waals surface area (Å²) in [7, 11) is 0. The molecule has 1 amide bonds. The first-order valence-corrected chi connectivity index (χ1v) is 9.67. The van der Waals surface area contributed by atoms with E-state index in [1.165, 1.54) is 6.42 Å². The van der Waals surface area contributed by atoms with Crippen LogP contribution in [0.25, 0.3) is 0 Å². The highest BCUT2D eigenvalue weighted by atomic mass is 35.5. The smallest absolute Gasteiger partial charge is 0.269 e. The minimum absolute atomic E-state index is 0. The number of hydrogen-bond donors (Lipinski definition) is 3. The summed E-state index contributed by atoms with van der Waals surface area (Å²) < 4.78 is 0. The molecule has 2 bridgehead atoms. The number of aryl methyl sites for hydroxylation is 1. The first-order valence-electron chi connectivity index (χ1n) is 9.67. The fourth-order valence-electron chi connectivity index (χ4n) is 4.78. The monoisotopic (exact) mass is 382 g/mol. The Kier molecular flexibility index (Phi) is 7.24. The first-order chi connectivity index (χ1) is 12.0. The molecule has 2 aliphatic carbocycles. The zero-order chi connectivity index (χ0) is 18.0. The second kappa shape index (κ2) is 9.00. The van der Waals surface area contributed by atoms with Crippen molar-refractivity contribution < 1.29 is 4.79 Å². The summed E-state index contributed by atoms with van der Waals surface area (Å²) in [4.78, 5) is 24.9. The second-order valence-electron chi connectivity index (χ2n) is 7.58. The number of nitrogens with two attached hydrogens (primary N) is 1. The van der Waals surface area contributed by atoms with Gasteiger partial charge in [-0.3, -0.25) is 9.59 Å². The summed E-state index contributed by atoms with van der Waals surface area (Å²) in [5.74, 6) is 1.06. The number of fused-ring (bicyclic) bond motifs is 2. The molecule has 0 spiro atoms. The number of halogens is 1. The summed E-state index contributed by atoms with van der Waals surface area (Å²) in [6.07, 6.45) is 6.81. The Labute approximate surface area is 161 Å². The molecule has 146 valence electrons. The maximum Gasteiger partial charge on any atom is 0.269 e. The third-order valence-electron chi connectivity index (χ3n) is 6.19. The predicted octanol–water partition coefficient (Wildman–Crippen LogP) is 2.09. The molecule has 4 N–H and O–H groups in total. The average Bonchev–Trinajstić information content (AvgIpc) is 2.59. The molecule has 2 atom stereocenters. The van der Waals surface area contributed by atoms with Crippen molar-refractivity contribution in [2.75, 3.05) is 0 Å². The number of aromatic amines is 1. The van der Waals surface area contributed by atoms with Crippen molar-refractivity contribution in [3.8, 4) is 0 Å². The largest absolute Gasteiger partial charge is 0.352 e. The zero-order valence-electron chi connectivity index (χ0n) is 15.7. The van der Waals surface area contributed by atoms with Gasteiger partial charge < -0.3 is 11.1 Å². The average molecular weight is 383 g/mol. The number of aromatic nitrogens is 2. The van der Waals surface area contributed by atoms with Crippen molar-refractivity contribution in [1.29, 1.82) is 0 Å². The van der Waals surface area contributed by atoms with E-state index in [-0.39, 0.29) is 42.4 Å². The molecule has 1 aromatic rings. The highest BCUT2D eigenvalue weighted by Crippen LogP contribution is 2.41. The van der Waals surface area contributed by atoms with E-state index in [0.717, 1.165) is 49.8 Å². The molecule has 0 saturated heterocycles. The molecule has 1 aromatic heterocycles. The summed E-state index contributed by atoms with van der Waals surface area (Å²) in [6.45, 7) is 4.32. The zero-order valence-corrected chi connectivity index (χ0v) is 16.5. The Bertz CT molecular complexity index is 677. The van der Waals surface area contributed by atoms with Gasteiger partial charge in [-0.1, -0.05) is 20.3 Å². The number of rotatable bonds is 5. The van der Waals surface area contributed by atoms with Gasteiger partial charge in [0.1, 0.15) is 0 Å². The van der Waals surface area contributed by atoms with E-state index >= 15 is 0 Å². The van der Waals surface area contributed by atoms with Crippen LogP contribution in [0, 0.1) is 17.8 Å². The number of carbonyl (C=O) groups is 1. The van der Waals surface area contributed by atoms with Gasteiger partial charge in [-0.15, -0.1) is 12.4 Å². The van der Waals surface area contributed by atoms with Gasteiger partial charge in [-0.25, -0.2) is 5.10 Å². The number of amides is 1. The fraction of sp³-hybridized carbons (Fsp3) is 0.737. The highest BCUT2D eigenvalue weighted by Gasteiger charge is 2.40. The molecule has 0 aromatic carbocycles. The molecule has 26 heavy (non-hydrogen) atoms. The molecule has 6 nitrogen and oxygen atoms in total. The number of nitrogens with zero attached hydrogens (tertiary/aromatic N) is 1. The van der Waals surface area contributed by atoms with Crippen molar-refractivity contribution in [3.63, 3.8) is 0 Å². The van der Waals surface area contributed by atoms with Gasteiger partial charge in [0.2, 0.25) is 5.91 Å². The fourth-order valence-corrected chi connectivity index (χ4v) is 4.78. The van der Waals surface area contributed by atoms with Crippen LogP contribution in [0.1, 0.15) is 62.8 Å². The van der Waals surface area contributed by atoms with Gasteiger partial charge in [0, 0.05) is 24.1 Å². The molecule has 1 heterocycles. The van der Waals surface area contributed by atoms with Crippen LogP contribution in [0.4, 0.5) is 0 Å². The minimum Gasteiger partial charge on any atom is -0.352 e. The maximum atomic E-state index is 12.7. The highest BCUT2D eigenvalue weighted by molar-refractivity contribution is 5.85. The van der Waals surface area contributed by atoms with E-state index in [1.807, 2.05) is 13.8 Å². The molecule has 3 rings (SSSR count). The van der Waals surface area contributed by atoms with E-state index in [0.29, 0.717) is 17.4 Å². The lowest BCUT2D eigenvalue weighted by Gasteiger charge is -2.43. The van der Waals surface area contributed by atoms with Crippen LogP contribution in [-0.4, -0.2) is 22.1 Å². The topological polar surface area (TPSA) is 101 Å². The van der Waals surface area contributed by atoms with Crippen LogP contribution in [0.3, 0.4) is 0 Å². The Balaban J connectivity index is 0.00000243. The standard InChI is InChI=1S/C19H30N4O2.ClH/c1-3-14-15(19(25)23-22-16(14)4-2)10-21-18(24)13-8-11-6-5-7-12(9-13)17(11)20;/h11-13,17H,3-10,20H2,1-2H3,(H,21,24)(H,23,25);1H. The van der Waals surface area contributed by atoms with E-state index < -0.39 is 0 Å². The van der Waals surface area contributed by atoms with Crippen LogP contribution in [-0.2, 0) is 24.2 Å². The summed E-state index contributed by atoms with van der Waals surface area (Å²) in [6, 6.07) is 0.264. The lowest BCUT2D eigenvalue weighted by atomic mass is 9.65. The van der Waals surface area contributed by atoms with Crippen molar-refractivity contribution in [2.24, 2.45) is 23.5 Å². The van der Waals surface area contributed by atoms with Crippen LogP contribution < -0.4 is 16.6 Å². The molecule has 2 saturated carbocycles. The van der Waals surface area contributed by atoms with E-state index in [4.69, 9.17) is 5.73 Å². The molecule has 0 aliphatic heterocycles. The number of H-pyrrole nitrogens is 1. The van der Waals surface area contributed by atoms with Gasteiger partial charge in [0.15, 0.2) is 0 Å². The number of carbonyl (C=O) groups excluding carboxylic acids is 1. The molecule has 2 unspecified atom stereocenters. The molecule has 7 heteroatoms. The maximum absolute atomic E-state index is 12.7. The van der Waals surface area contributed by atoms with Gasteiger partial charge in [0.25, 0.3) is 5.56 Å². The molecule has 2 aliphatic rings. The van der Waals surface area contributed by atoms with Crippen molar-refractivity contribution >= 4 is 18.3 Å². The summed E-state index contributed by atoms with van der Waals surface area (Å²) in [5.41, 5.74) is 8.64. The van der Waals surface area contributed by atoms with Crippen LogP contribution in [0.15, 0.2) is 4.79 Å². The van der Waals surface area contributed by atoms with Crippen LogP contribution in [0.5, 0.6) is 0 Å². The van der Waals surface area contributed by atoms with Gasteiger partial charge in [-0.05, 0) is 55.9 Å².